The highest BCUT2D eigenvalue weighted by Crippen LogP contribution is 2.40. The number of hydrogen-bond acceptors (Lipinski definition) is 5. The highest BCUT2D eigenvalue weighted by Gasteiger charge is 2.43. The average molecular weight is 335 g/mol. The molecule has 0 aliphatic carbocycles. The number of fused-ring (bicyclic) bond motifs is 1. The van der Waals surface area contributed by atoms with Crippen LogP contribution in [-0.2, 0) is 15.8 Å². The van der Waals surface area contributed by atoms with E-state index >= 15 is 0 Å². The molecule has 2 aromatic rings. The number of aromatic nitrogens is 1. The molecule has 23 heavy (non-hydrogen) atoms. The van der Waals surface area contributed by atoms with Crippen molar-refractivity contribution in [2.75, 3.05) is 26.2 Å². The zero-order chi connectivity index (χ0) is 15.9. The summed E-state index contributed by atoms with van der Waals surface area (Å²) in [6, 6.07) is 7.38. The largest absolute Gasteiger partial charge is 0.356 e. The summed E-state index contributed by atoms with van der Waals surface area (Å²) >= 11 is 0. The molecule has 0 unspecified atom stereocenters. The average Bonchev–Trinajstić information content (AvgIpc) is 3.14. The van der Waals surface area contributed by atoms with Gasteiger partial charge in [0.1, 0.15) is 11.4 Å². The zero-order valence-electron chi connectivity index (χ0n) is 13.0. The molecule has 3 heterocycles. The van der Waals surface area contributed by atoms with Gasteiger partial charge in [-0.05, 0) is 49.9 Å². The molecule has 2 aliphatic heterocycles. The Morgan fingerprint density at radius 3 is 2.83 bits per heavy atom. The molecule has 0 radical (unpaired) electrons. The topological polar surface area (TPSA) is 75.4 Å². The number of piperidine rings is 1. The van der Waals surface area contributed by atoms with Gasteiger partial charge >= 0.3 is 0 Å². The molecular weight excluding hydrogens is 314 g/mol. The number of hydrogen-bond donors (Lipinski definition) is 1. The van der Waals surface area contributed by atoms with E-state index in [2.05, 4.69) is 10.5 Å². The lowest BCUT2D eigenvalue weighted by atomic mass is 9.78. The lowest BCUT2D eigenvalue weighted by molar-refractivity contribution is 0.218. The molecule has 1 spiro atoms. The summed E-state index contributed by atoms with van der Waals surface area (Å²) < 4.78 is 32.5. The smallest absolute Gasteiger partial charge is 0.220 e. The van der Waals surface area contributed by atoms with Crippen LogP contribution >= 0.6 is 0 Å². The molecule has 1 aromatic carbocycles. The first-order chi connectivity index (χ1) is 11.1. The van der Waals surface area contributed by atoms with Gasteiger partial charge < -0.3 is 9.84 Å². The van der Waals surface area contributed by atoms with E-state index in [4.69, 9.17) is 4.52 Å². The molecule has 2 fully saturated rings. The summed E-state index contributed by atoms with van der Waals surface area (Å²) in [6.45, 7) is 3.24. The molecule has 124 valence electrons. The van der Waals surface area contributed by atoms with Crippen LogP contribution in [0.15, 0.2) is 28.8 Å². The number of nitrogens with one attached hydrogen (secondary N) is 1. The summed E-state index contributed by atoms with van der Waals surface area (Å²) in [5, 5.41) is 8.10. The van der Waals surface area contributed by atoms with Gasteiger partial charge in [-0.3, -0.25) is 0 Å². The Bertz CT molecular complexity index is 809. The second-order valence-corrected chi connectivity index (χ2v) is 8.68. The Labute approximate surface area is 135 Å². The number of nitrogens with zero attached hydrogens (tertiary/aromatic N) is 2. The molecule has 2 aliphatic rings. The number of benzene rings is 1. The summed E-state index contributed by atoms with van der Waals surface area (Å²) in [5.74, 6) is -0.0850. The van der Waals surface area contributed by atoms with Crippen LogP contribution in [0.5, 0.6) is 0 Å². The first-order valence-electron chi connectivity index (χ1n) is 8.10. The SMILES string of the molecule is O=S(=O)(Cc1noc2ccccc12)N1CCC2(CCNCC2)C1. The first kappa shape index (κ1) is 15.1. The molecule has 1 aromatic heterocycles. The third kappa shape index (κ3) is 2.77. The highest BCUT2D eigenvalue weighted by molar-refractivity contribution is 7.88. The summed E-state index contributed by atoms with van der Waals surface area (Å²) in [6.07, 6.45) is 3.09. The molecule has 0 atom stereocenters. The van der Waals surface area contributed by atoms with Crippen LogP contribution in [-0.4, -0.2) is 44.1 Å². The van der Waals surface area contributed by atoms with Gasteiger partial charge in [-0.1, -0.05) is 17.3 Å². The Balaban J connectivity index is 1.54. The molecule has 7 heteroatoms. The fourth-order valence-corrected chi connectivity index (χ4v) is 5.38. The van der Waals surface area contributed by atoms with E-state index in [1.807, 2.05) is 18.2 Å². The predicted molar refractivity (Wildman–Crippen MR) is 87.4 cm³/mol. The monoisotopic (exact) mass is 335 g/mol. The standard InChI is InChI=1S/C16H21N3O3S/c20-23(21,11-14-13-3-1-2-4-15(13)22-18-14)19-10-7-16(12-19)5-8-17-9-6-16/h1-4,17H,5-12H2. The number of rotatable bonds is 3. The minimum atomic E-state index is -3.36. The van der Waals surface area contributed by atoms with Crippen molar-refractivity contribution in [3.05, 3.63) is 30.0 Å². The normalized spacial score (nSPS) is 22.1. The van der Waals surface area contributed by atoms with E-state index in [0.717, 1.165) is 37.7 Å². The zero-order valence-corrected chi connectivity index (χ0v) is 13.8. The third-order valence-electron chi connectivity index (χ3n) is 5.23. The first-order valence-corrected chi connectivity index (χ1v) is 9.71. The third-order valence-corrected chi connectivity index (χ3v) is 6.97. The van der Waals surface area contributed by atoms with E-state index in [9.17, 15) is 8.42 Å². The van der Waals surface area contributed by atoms with Crippen molar-refractivity contribution < 1.29 is 12.9 Å². The van der Waals surface area contributed by atoms with Crippen molar-refractivity contribution in [2.45, 2.75) is 25.0 Å². The van der Waals surface area contributed by atoms with Gasteiger partial charge in [-0.25, -0.2) is 12.7 Å². The molecule has 0 bridgehead atoms. The van der Waals surface area contributed by atoms with E-state index in [-0.39, 0.29) is 11.2 Å². The van der Waals surface area contributed by atoms with Crippen molar-refractivity contribution in [1.82, 2.24) is 14.8 Å². The number of para-hydroxylation sites is 1. The van der Waals surface area contributed by atoms with Gasteiger partial charge in [-0.15, -0.1) is 0 Å². The van der Waals surface area contributed by atoms with Crippen molar-refractivity contribution in [3.63, 3.8) is 0 Å². The van der Waals surface area contributed by atoms with Gasteiger partial charge in [-0.2, -0.15) is 0 Å². The van der Waals surface area contributed by atoms with E-state index in [0.29, 0.717) is 24.4 Å². The van der Waals surface area contributed by atoms with E-state index in [1.54, 1.807) is 10.4 Å². The lowest BCUT2D eigenvalue weighted by Crippen LogP contribution is -2.40. The minimum absolute atomic E-state index is 0.0850. The van der Waals surface area contributed by atoms with Crippen LogP contribution in [0.3, 0.4) is 0 Å². The summed E-state index contributed by atoms with van der Waals surface area (Å²) in [5.41, 5.74) is 1.31. The van der Waals surface area contributed by atoms with Crippen LogP contribution in [0, 0.1) is 5.41 Å². The van der Waals surface area contributed by atoms with E-state index < -0.39 is 10.0 Å². The van der Waals surface area contributed by atoms with Crippen LogP contribution in [0.2, 0.25) is 0 Å². The van der Waals surface area contributed by atoms with Gasteiger partial charge in [0.2, 0.25) is 10.0 Å². The van der Waals surface area contributed by atoms with Crippen LogP contribution in [0.4, 0.5) is 0 Å². The molecule has 1 N–H and O–H groups in total. The minimum Gasteiger partial charge on any atom is -0.356 e. The Hall–Kier alpha value is -1.44. The molecule has 2 saturated heterocycles. The maximum atomic E-state index is 12.8. The van der Waals surface area contributed by atoms with Gasteiger partial charge in [0.05, 0.1) is 0 Å². The van der Waals surface area contributed by atoms with Gasteiger partial charge in [0.15, 0.2) is 5.58 Å². The quantitative estimate of drug-likeness (QED) is 0.924. The van der Waals surface area contributed by atoms with Gasteiger partial charge in [0, 0.05) is 18.5 Å². The summed E-state index contributed by atoms with van der Waals surface area (Å²) in [7, 11) is -3.36. The molecule has 6 nitrogen and oxygen atoms in total. The maximum Gasteiger partial charge on any atom is 0.220 e. The molecule has 4 rings (SSSR count). The van der Waals surface area contributed by atoms with Crippen LogP contribution in [0.25, 0.3) is 11.0 Å². The second kappa shape index (κ2) is 5.58. The highest BCUT2D eigenvalue weighted by atomic mass is 32.2. The Morgan fingerprint density at radius 2 is 2.00 bits per heavy atom. The van der Waals surface area contributed by atoms with Crippen LogP contribution in [0.1, 0.15) is 25.0 Å². The van der Waals surface area contributed by atoms with Gasteiger partial charge in [0.25, 0.3) is 0 Å². The molecule has 0 amide bonds. The van der Waals surface area contributed by atoms with Crippen molar-refractivity contribution in [2.24, 2.45) is 5.41 Å². The summed E-state index contributed by atoms with van der Waals surface area (Å²) in [4.78, 5) is 0. The van der Waals surface area contributed by atoms with Crippen molar-refractivity contribution in [3.8, 4) is 0 Å². The Morgan fingerprint density at radius 1 is 1.22 bits per heavy atom. The van der Waals surface area contributed by atoms with Crippen molar-refractivity contribution >= 4 is 21.0 Å². The maximum absolute atomic E-state index is 12.8. The predicted octanol–water partition coefficient (Wildman–Crippen LogP) is 1.73. The fraction of sp³-hybridized carbons (Fsp3) is 0.562. The van der Waals surface area contributed by atoms with Crippen molar-refractivity contribution in [1.29, 1.82) is 0 Å². The number of sulfonamides is 1. The van der Waals surface area contributed by atoms with E-state index in [1.165, 1.54) is 0 Å². The molecule has 0 saturated carbocycles. The second-order valence-electron chi connectivity index (χ2n) is 6.72. The Kier molecular flexibility index (Phi) is 3.66. The fourth-order valence-electron chi connectivity index (χ4n) is 3.80. The molecular formula is C16H21N3O3S. The lowest BCUT2D eigenvalue weighted by Gasteiger charge is -2.33. The van der Waals surface area contributed by atoms with Crippen LogP contribution < -0.4 is 5.32 Å².